The molecule has 108 valence electrons. The highest BCUT2D eigenvalue weighted by Gasteiger charge is 2.31. The number of nitrogens with two attached hydrogens (primary N) is 1. The van der Waals surface area contributed by atoms with Gasteiger partial charge >= 0.3 is 0 Å². The van der Waals surface area contributed by atoms with Crippen molar-refractivity contribution >= 4 is 5.91 Å². The molecule has 0 radical (unpaired) electrons. The van der Waals surface area contributed by atoms with E-state index in [0.29, 0.717) is 12.0 Å². The van der Waals surface area contributed by atoms with Crippen LogP contribution in [0.2, 0.25) is 0 Å². The van der Waals surface area contributed by atoms with E-state index in [0.717, 1.165) is 18.4 Å². The lowest BCUT2D eigenvalue weighted by Crippen LogP contribution is -2.41. The predicted octanol–water partition coefficient (Wildman–Crippen LogP) is 3.01. The number of carbonyl (C=O) groups is 1. The molecule has 1 aromatic carbocycles. The van der Waals surface area contributed by atoms with Gasteiger partial charge in [0.15, 0.2) is 0 Å². The second-order valence-corrected chi connectivity index (χ2v) is 6.24. The van der Waals surface area contributed by atoms with Crippen molar-refractivity contribution in [1.82, 2.24) is 5.32 Å². The number of primary amides is 1. The quantitative estimate of drug-likeness (QED) is 0.865. The van der Waals surface area contributed by atoms with Crippen molar-refractivity contribution in [2.75, 3.05) is 0 Å². The van der Waals surface area contributed by atoms with Gasteiger partial charge in [0, 0.05) is 6.04 Å². The second kappa shape index (κ2) is 5.96. The van der Waals surface area contributed by atoms with Crippen LogP contribution < -0.4 is 11.1 Å². The summed E-state index contributed by atoms with van der Waals surface area (Å²) in [6, 6.07) is 8.42. The normalized spacial score (nSPS) is 21.6. The molecule has 0 spiro atoms. The Bertz CT molecular complexity index is 476. The van der Waals surface area contributed by atoms with Gasteiger partial charge in [-0.25, -0.2) is 0 Å². The van der Waals surface area contributed by atoms with E-state index in [4.69, 9.17) is 5.73 Å². The second-order valence-electron chi connectivity index (χ2n) is 6.24. The van der Waals surface area contributed by atoms with E-state index in [2.05, 4.69) is 23.5 Å². The van der Waals surface area contributed by atoms with Crippen LogP contribution in [0.25, 0.3) is 0 Å². The largest absolute Gasteiger partial charge is 0.368 e. The summed E-state index contributed by atoms with van der Waals surface area (Å²) >= 11 is 0. The average Bonchev–Trinajstić information content (AvgIpc) is 3.30. The van der Waals surface area contributed by atoms with Crippen LogP contribution in [-0.2, 0) is 4.79 Å². The zero-order chi connectivity index (χ0) is 13.9. The molecule has 0 saturated heterocycles. The molecule has 0 aromatic heterocycles. The highest BCUT2D eigenvalue weighted by atomic mass is 16.1. The summed E-state index contributed by atoms with van der Waals surface area (Å²) in [7, 11) is 0. The molecule has 3 N–H and O–H groups in total. The van der Waals surface area contributed by atoms with Gasteiger partial charge in [-0.15, -0.1) is 0 Å². The van der Waals surface area contributed by atoms with E-state index in [1.54, 1.807) is 0 Å². The van der Waals surface area contributed by atoms with Crippen molar-refractivity contribution in [3.63, 3.8) is 0 Å². The molecule has 1 aromatic rings. The predicted molar refractivity (Wildman–Crippen MR) is 80.4 cm³/mol. The molecule has 2 saturated carbocycles. The summed E-state index contributed by atoms with van der Waals surface area (Å²) in [6.45, 7) is 0. The molecule has 0 heterocycles. The zero-order valence-corrected chi connectivity index (χ0v) is 12.0. The van der Waals surface area contributed by atoms with Gasteiger partial charge in [-0.2, -0.15) is 0 Å². The Morgan fingerprint density at radius 1 is 1.10 bits per heavy atom. The van der Waals surface area contributed by atoms with Crippen LogP contribution in [-0.4, -0.2) is 11.9 Å². The van der Waals surface area contributed by atoms with Gasteiger partial charge in [-0.3, -0.25) is 10.1 Å². The zero-order valence-electron chi connectivity index (χ0n) is 12.0. The molecule has 1 unspecified atom stereocenters. The van der Waals surface area contributed by atoms with Crippen molar-refractivity contribution in [2.24, 2.45) is 5.73 Å². The van der Waals surface area contributed by atoms with Crippen LogP contribution in [0.4, 0.5) is 0 Å². The van der Waals surface area contributed by atoms with E-state index in [1.165, 1.54) is 37.7 Å². The molecule has 2 aliphatic rings. The maximum atomic E-state index is 11.9. The molecule has 20 heavy (non-hydrogen) atoms. The molecule has 1 amide bonds. The first-order valence-corrected chi connectivity index (χ1v) is 7.90. The van der Waals surface area contributed by atoms with Crippen molar-refractivity contribution in [3.05, 3.63) is 35.4 Å². The Kier molecular flexibility index (Phi) is 4.06. The van der Waals surface area contributed by atoms with Gasteiger partial charge in [-0.1, -0.05) is 43.5 Å². The van der Waals surface area contributed by atoms with E-state index < -0.39 is 0 Å². The SMILES string of the molecule is NC(=O)C(NC1CCCCC1)c1ccccc1C1CC1. The number of amides is 1. The van der Waals surface area contributed by atoms with Crippen LogP contribution >= 0.6 is 0 Å². The van der Waals surface area contributed by atoms with E-state index in [9.17, 15) is 4.79 Å². The summed E-state index contributed by atoms with van der Waals surface area (Å²) in [5, 5.41) is 3.52. The third-order valence-electron chi connectivity index (χ3n) is 4.62. The minimum atomic E-state index is -0.324. The van der Waals surface area contributed by atoms with Gasteiger partial charge in [0.1, 0.15) is 6.04 Å². The standard InChI is InChI=1S/C17H24N2O/c18-17(20)16(19-13-6-2-1-3-7-13)15-9-5-4-8-14(15)12-10-11-12/h4-5,8-9,12-13,16,19H,1-3,6-7,10-11H2,(H2,18,20). The first kappa shape index (κ1) is 13.6. The van der Waals surface area contributed by atoms with Crippen LogP contribution in [0.3, 0.4) is 0 Å². The van der Waals surface area contributed by atoms with Crippen LogP contribution in [0.5, 0.6) is 0 Å². The lowest BCUT2D eigenvalue weighted by Gasteiger charge is -2.28. The fourth-order valence-corrected chi connectivity index (χ4v) is 3.37. The molecule has 2 fully saturated rings. The minimum Gasteiger partial charge on any atom is -0.368 e. The highest BCUT2D eigenvalue weighted by molar-refractivity contribution is 5.82. The van der Waals surface area contributed by atoms with Gasteiger partial charge < -0.3 is 5.73 Å². The Hall–Kier alpha value is -1.35. The van der Waals surface area contributed by atoms with Gasteiger partial charge in [0.2, 0.25) is 5.91 Å². The van der Waals surface area contributed by atoms with E-state index in [1.807, 2.05) is 6.07 Å². The first-order valence-electron chi connectivity index (χ1n) is 7.90. The average molecular weight is 272 g/mol. The monoisotopic (exact) mass is 272 g/mol. The Morgan fingerprint density at radius 3 is 2.45 bits per heavy atom. The van der Waals surface area contributed by atoms with Gasteiger partial charge in [-0.05, 0) is 42.7 Å². The molecule has 3 rings (SSSR count). The number of carbonyl (C=O) groups excluding carboxylic acids is 1. The Morgan fingerprint density at radius 2 is 1.80 bits per heavy atom. The molecule has 3 nitrogen and oxygen atoms in total. The minimum absolute atomic E-state index is 0.247. The number of hydrogen-bond donors (Lipinski definition) is 2. The number of rotatable bonds is 5. The van der Waals surface area contributed by atoms with Gasteiger partial charge in [0.25, 0.3) is 0 Å². The van der Waals surface area contributed by atoms with Crippen molar-refractivity contribution < 1.29 is 4.79 Å². The maximum absolute atomic E-state index is 11.9. The molecule has 0 aliphatic heterocycles. The topological polar surface area (TPSA) is 55.1 Å². The summed E-state index contributed by atoms with van der Waals surface area (Å²) < 4.78 is 0. The number of hydrogen-bond acceptors (Lipinski definition) is 2. The molecular weight excluding hydrogens is 248 g/mol. The fraction of sp³-hybridized carbons (Fsp3) is 0.588. The smallest absolute Gasteiger partial charge is 0.239 e. The van der Waals surface area contributed by atoms with Crippen LogP contribution in [0.15, 0.2) is 24.3 Å². The van der Waals surface area contributed by atoms with E-state index >= 15 is 0 Å². The van der Waals surface area contributed by atoms with Crippen molar-refractivity contribution in [2.45, 2.75) is 62.9 Å². The first-order chi connectivity index (χ1) is 9.75. The van der Waals surface area contributed by atoms with Crippen LogP contribution in [0.1, 0.15) is 68.0 Å². The fourth-order valence-electron chi connectivity index (χ4n) is 3.37. The number of nitrogens with one attached hydrogen (secondary N) is 1. The molecule has 0 bridgehead atoms. The molecule has 3 heteroatoms. The van der Waals surface area contributed by atoms with Crippen molar-refractivity contribution in [3.8, 4) is 0 Å². The maximum Gasteiger partial charge on any atom is 0.239 e. The molecule has 2 aliphatic carbocycles. The number of benzene rings is 1. The summed E-state index contributed by atoms with van der Waals surface area (Å²) in [6.07, 6.45) is 8.64. The van der Waals surface area contributed by atoms with Crippen LogP contribution in [0, 0.1) is 0 Å². The third kappa shape index (κ3) is 3.04. The van der Waals surface area contributed by atoms with Crippen molar-refractivity contribution in [1.29, 1.82) is 0 Å². The lowest BCUT2D eigenvalue weighted by atomic mass is 9.92. The summed E-state index contributed by atoms with van der Waals surface area (Å²) in [5.41, 5.74) is 8.10. The Labute approximate surface area is 120 Å². The van der Waals surface area contributed by atoms with Gasteiger partial charge in [0.05, 0.1) is 0 Å². The Balaban J connectivity index is 1.81. The highest BCUT2D eigenvalue weighted by Crippen LogP contribution is 2.43. The molecular formula is C17H24N2O. The summed E-state index contributed by atoms with van der Waals surface area (Å²) in [5.74, 6) is 0.393. The third-order valence-corrected chi connectivity index (χ3v) is 4.62. The summed E-state index contributed by atoms with van der Waals surface area (Å²) in [4.78, 5) is 11.9. The lowest BCUT2D eigenvalue weighted by molar-refractivity contribution is -0.120. The van der Waals surface area contributed by atoms with E-state index in [-0.39, 0.29) is 11.9 Å². The molecule has 1 atom stereocenters.